The molecule has 1 fully saturated rings. The van der Waals surface area contributed by atoms with E-state index in [1.165, 1.54) is 0 Å². The van der Waals surface area contributed by atoms with Crippen molar-refractivity contribution in [3.05, 3.63) is 34.5 Å². The predicted octanol–water partition coefficient (Wildman–Crippen LogP) is 1.87. The minimum absolute atomic E-state index is 0.0866. The molecular formula is C20H27N5O3. The van der Waals surface area contributed by atoms with Gasteiger partial charge in [-0.3, -0.25) is 4.79 Å². The van der Waals surface area contributed by atoms with Crippen molar-refractivity contribution in [2.75, 3.05) is 24.6 Å². The number of ether oxygens (including phenoxy) is 1. The van der Waals surface area contributed by atoms with Crippen molar-refractivity contribution in [1.82, 2.24) is 20.4 Å². The predicted molar refractivity (Wildman–Crippen MR) is 103 cm³/mol. The van der Waals surface area contributed by atoms with Crippen LogP contribution in [0.5, 0.6) is 0 Å². The first-order chi connectivity index (χ1) is 13.6. The van der Waals surface area contributed by atoms with Crippen molar-refractivity contribution in [3.63, 3.8) is 0 Å². The van der Waals surface area contributed by atoms with Crippen molar-refractivity contribution in [2.24, 2.45) is 0 Å². The van der Waals surface area contributed by atoms with Gasteiger partial charge >= 0.3 is 0 Å². The number of anilines is 1. The van der Waals surface area contributed by atoms with E-state index in [9.17, 15) is 4.79 Å². The quantitative estimate of drug-likeness (QED) is 0.840. The third kappa shape index (κ3) is 4.16. The zero-order valence-corrected chi connectivity index (χ0v) is 16.5. The minimum atomic E-state index is 0.0866. The number of hydrogen-bond acceptors (Lipinski definition) is 7. The normalized spacial score (nSPS) is 17.4. The number of aromatic nitrogens is 3. The summed E-state index contributed by atoms with van der Waals surface area (Å²) in [4.78, 5) is 23.8. The molecule has 0 aliphatic carbocycles. The standard InChI is InChI=1S/C20H27N5O3/c1-13-17(14(2)28-24-13)3-4-19(26)22-16-5-8-25(9-6-16)20-21-11-15-12-27-10-7-18(15)23-20/h11,16H,3-10,12H2,1-2H3,(H,22,26). The van der Waals surface area contributed by atoms with E-state index < -0.39 is 0 Å². The molecule has 1 saturated heterocycles. The van der Waals surface area contributed by atoms with Gasteiger partial charge in [0.15, 0.2) is 0 Å². The van der Waals surface area contributed by atoms with Gasteiger partial charge in [0.05, 0.1) is 24.6 Å². The van der Waals surface area contributed by atoms with Gasteiger partial charge in [-0.1, -0.05) is 5.16 Å². The van der Waals surface area contributed by atoms with Gasteiger partial charge in [0.2, 0.25) is 11.9 Å². The number of carbonyl (C=O) groups excluding carboxylic acids is 1. The number of nitrogens with one attached hydrogen (secondary N) is 1. The zero-order valence-electron chi connectivity index (χ0n) is 16.5. The number of piperidine rings is 1. The molecule has 8 nitrogen and oxygen atoms in total. The van der Waals surface area contributed by atoms with E-state index in [2.05, 4.69) is 20.4 Å². The van der Waals surface area contributed by atoms with Crippen LogP contribution in [0.1, 0.15) is 47.5 Å². The van der Waals surface area contributed by atoms with Gasteiger partial charge < -0.3 is 19.5 Å². The SMILES string of the molecule is Cc1noc(C)c1CCC(=O)NC1CCN(c2ncc3c(n2)CCOC3)CC1. The third-order valence-corrected chi connectivity index (χ3v) is 5.61. The van der Waals surface area contributed by atoms with Crippen molar-refractivity contribution in [2.45, 2.75) is 58.6 Å². The number of hydrogen-bond donors (Lipinski definition) is 1. The summed E-state index contributed by atoms with van der Waals surface area (Å²) in [6.07, 6.45) is 5.67. The fraction of sp³-hybridized carbons (Fsp3) is 0.600. The first-order valence-electron chi connectivity index (χ1n) is 9.98. The lowest BCUT2D eigenvalue weighted by atomic mass is 10.0. The topological polar surface area (TPSA) is 93.4 Å². The van der Waals surface area contributed by atoms with Crippen LogP contribution in [0.4, 0.5) is 5.95 Å². The maximum absolute atomic E-state index is 12.3. The van der Waals surface area contributed by atoms with Crippen LogP contribution in [0.15, 0.2) is 10.7 Å². The van der Waals surface area contributed by atoms with Crippen LogP contribution in [0.2, 0.25) is 0 Å². The van der Waals surface area contributed by atoms with E-state index in [0.717, 1.165) is 73.2 Å². The molecule has 4 heterocycles. The molecule has 1 N–H and O–H groups in total. The van der Waals surface area contributed by atoms with Crippen LogP contribution >= 0.6 is 0 Å². The molecule has 28 heavy (non-hydrogen) atoms. The molecule has 0 spiro atoms. The molecule has 150 valence electrons. The zero-order chi connectivity index (χ0) is 19.5. The summed E-state index contributed by atoms with van der Waals surface area (Å²) in [5.74, 6) is 1.68. The van der Waals surface area contributed by atoms with Crippen molar-refractivity contribution in [3.8, 4) is 0 Å². The van der Waals surface area contributed by atoms with E-state index in [1.807, 2.05) is 20.0 Å². The van der Waals surface area contributed by atoms with Gasteiger partial charge in [-0.25, -0.2) is 9.97 Å². The molecule has 0 atom stereocenters. The number of aryl methyl sites for hydroxylation is 2. The van der Waals surface area contributed by atoms with Crippen LogP contribution < -0.4 is 10.2 Å². The van der Waals surface area contributed by atoms with Gasteiger partial charge in [-0.2, -0.15) is 0 Å². The molecule has 0 aromatic carbocycles. The van der Waals surface area contributed by atoms with Gasteiger partial charge in [0.25, 0.3) is 0 Å². The molecule has 0 radical (unpaired) electrons. The van der Waals surface area contributed by atoms with Gasteiger partial charge in [0, 0.05) is 49.3 Å². The number of rotatable bonds is 5. The lowest BCUT2D eigenvalue weighted by Gasteiger charge is -2.33. The second-order valence-corrected chi connectivity index (χ2v) is 7.58. The Morgan fingerprint density at radius 2 is 2.14 bits per heavy atom. The Bertz CT molecular complexity index is 823. The molecule has 2 aromatic heterocycles. The van der Waals surface area contributed by atoms with Crippen LogP contribution in [-0.4, -0.2) is 46.8 Å². The fourth-order valence-electron chi connectivity index (χ4n) is 3.89. The summed E-state index contributed by atoms with van der Waals surface area (Å²) in [5, 5.41) is 7.11. The van der Waals surface area contributed by atoms with E-state index in [0.29, 0.717) is 19.4 Å². The van der Waals surface area contributed by atoms with Crippen LogP contribution in [0, 0.1) is 13.8 Å². The monoisotopic (exact) mass is 385 g/mol. The van der Waals surface area contributed by atoms with Crippen LogP contribution in [0.25, 0.3) is 0 Å². The van der Waals surface area contributed by atoms with E-state index in [4.69, 9.17) is 14.2 Å². The molecule has 8 heteroatoms. The number of nitrogens with zero attached hydrogens (tertiary/aromatic N) is 4. The maximum atomic E-state index is 12.3. The van der Waals surface area contributed by atoms with Crippen LogP contribution in [-0.2, 0) is 29.0 Å². The molecule has 4 rings (SSSR count). The third-order valence-electron chi connectivity index (χ3n) is 5.61. The Morgan fingerprint density at radius 3 is 2.89 bits per heavy atom. The average Bonchev–Trinajstić information content (AvgIpc) is 3.04. The second-order valence-electron chi connectivity index (χ2n) is 7.58. The smallest absolute Gasteiger partial charge is 0.225 e. The lowest BCUT2D eigenvalue weighted by Crippen LogP contribution is -2.45. The molecule has 2 aliphatic rings. The lowest BCUT2D eigenvalue weighted by molar-refractivity contribution is -0.121. The molecule has 2 aliphatic heterocycles. The number of amides is 1. The van der Waals surface area contributed by atoms with Gasteiger partial charge in [-0.15, -0.1) is 0 Å². The summed E-state index contributed by atoms with van der Waals surface area (Å²) in [6, 6.07) is 0.208. The molecule has 1 amide bonds. The molecule has 0 unspecified atom stereocenters. The van der Waals surface area contributed by atoms with E-state index in [1.54, 1.807) is 0 Å². The number of fused-ring (bicyclic) bond motifs is 1. The largest absolute Gasteiger partial charge is 0.376 e. The Kier molecular flexibility index (Phi) is 5.57. The highest BCUT2D eigenvalue weighted by molar-refractivity contribution is 5.76. The molecular weight excluding hydrogens is 358 g/mol. The second kappa shape index (κ2) is 8.26. The first-order valence-corrected chi connectivity index (χ1v) is 9.98. The Morgan fingerprint density at radius 1 is 1.32 bits per heavy atom. The Balaban J connectivity index is 1.25. The Labute approximate surface area is 164 Å². The average molecular weight is 385 g/mol. The van der Waals surface area contributed by atoms with Crippen molar-refractivity contribution >= 4 is 11.9 Å². The number of carbonyl (C=O) groups is 1. The highest BCUT2D eigenvalue weighted by Gasteiger charge is 2.23. The molecule has 0 bridgehead atoms. The fourth-order valence-corrected chi connectivity index (χ4v) is 3.89. The Hall–Kier alpha value is -2.48. The van der Waals surface area contributed by atoms with Crippen LogP contribution in [0.3, 0.4) is 0 Å². The van der Waals surface area contributed by atoms with E-state index >= 15 is 0 Å². The van der Waals surface area contributed by atoms with E-state index in [-0.39, 0.29) is 11.9 Å². The summed E-state index contributed by atoms with van der Waals surface area (Å²) in [6.45, 7) is 6.84. The summed E-state index contributed by atoms with van der Waals surface area (Å²) < 4.78 is 10.6. The highest BCUT2D eigenvalue weighted by Crippen LogP contribution is 2.20. The summed E-state index contributed by atoms with van der Waals surface area (Å²) >= 11 is 0. The molecule has 2 aromatic rings. The van der Waals surface area contributed by atoms with Gasteiger partial charge in [0.1, 0.15) is 5.76 Å². The summed E-state index contributed by atoms with van der Waals surface area (Å²) in [7, 11) is 0. The summed E-state index contributed by atoms with van der Waals surface area (Å²) in [5.41, 5.74) is 4.11. The van der Waals surface area contributed by atoms with Gasteiger partial charge in [-0.05, 0) is 33.1 Å². The first kappa shape index (κ1) is 18.9. The van der Waals surface area contributed by atoms with Crippen molar-refractivity contribution in [1.29, 1.82) is 0 Å². The minimum Gasteiger partial charge on any atom is -0.376 e. The molecule has 0 saturated carbocycles. The maximum Gasteiger partial charge on any atom is 0.225 e. The highest BCUT2D eigenvalue weighted by atomic mass is 16.5. The van der Waals surface area contributed by atoms with Crippen molar-refractivity contribution < 1.29 is 14.1 Å².